The number of benzene rings is 1. The van der Waals surface area contributed by atoms with Gasteiger partial charge in [-0.2, -0.15) is 22.6 Å². The minimum Gasteiger partial charge on any atom is -0.234 e. The van der Waals surface area contributed by atoms with Crippen molar-refractivity contribution in [1.82, 2.24) is 18.9 Å². The highest BCUT2D eigenvalue weighted by molar-refractivity contribution is 7.89. The van der Waals surface area contributed by atoms with Gasteiger partial charge in [0.25, 0.3) is 10.0 Å². The monoisotopic (exact) mass is 404 g/mol. The van der Waals surface area contributed by atoms with Crippen LogP contribution in [-0.2, 0) is 10.0 Å². The molecule has 0 radical (unpaired) electrons. The number of nitrogens with zero attached hydrogens (tertiary/aromatic N) is 4. The van der Waals surface area contributed by atoms with Crippen LogP contribution in [0.15, 0.2) is 53.8 Å². The second-order valence-corrected chi connectivity index (χ2v) is 7.79. The SMILES string of the molecule is CN(C(c1ccc(Cl)cc1)C(F)(F)F)S(=O)(=O)c1cnc2cccnn12. The van der Waals surface area contributed by atoms with Gasteiger partial charge in [0.1, 0.15) is 6.04 Å². The van der Waals surface area contributed by atoms with E-state index < -0.39 is 27.3 Å². The molecule has 1 aromatic carbocycles. The maximum absolute atomic E-state index is 13.7. The molecule has 3 aromatic rings. The predicted molar refractivity (Wildman–Crippen MR) is 88.2 cm³/mol. The maximum Gasteiger partial charge on any atom is 0.409 e. The van der Waals surface area contributed by atoms with Gasteiger partial charge in [0.2, 0.25) is 0 Å². The molecule has 0 aliphatic carbocycles. The van der Waals surface area contributed by atoms with E-state index in [1.807, 2.05) is 0 Å². The van der Waals surface area contributed by atoms with Crippen molar-refractivity contribution in [2.24, 2.45) is 0 Å². The van der Waals surface area contributed by atoms with Crippen LogP contribution in [0.25, 0.3) is 5.65 Å². The second kappa shape index (κ2) is 6.53. The van der Waals surface area contributed by atoms with Crippen LogP contribution < -0.4 is 0 Å². The van der Waals surface area contributed by atoms with Crippen molar-refractivity contribution >= 4 is 27.3 Å². The number of fused-ring (bicyclic) bond motifs is 1. The van der Waals surface area contributed by atoms with Crippen LogP contribution in [0.5, 0.6) is 0 Å². The molecule has 0 aliphatic rings. The van der Waals surface area contributed by atoms with Crippen LogP contribution in [0, 0.1) is 0 Å². The first-order chi connectivity index (χ1) is 12.1. The number of aromatic nitrogens is 3. The number of sulfonamides is 1. The van der Waals surface area contributed by atoms with Crippen molar-refractivity contribution < 1.29 is 21.6 Å². The normalized spacial score (nSPS) is 14.1. The standard InChI is InChI=1S/C15H12ClF3N4O2S/c1-22(14(15(17,18)19)10-4-6-11(16)7-5-10)26(24,25)13-9-20-12-3-2-8-21-23(12)13/h2-9,14H,1H3. The number of halogens is 4. The number of rotatable bonds is 4. The summed E-state index contributed by atoms with van der Waals surface area (Å²) >= 11 is 5.71. The Hall–Kier alpha value is -2.17. The maximum atomic E-state index is 13.7. The Labute approximate surface area is 151 Å². The summed E-state index contributed by atoms with van der Waals surface area (Å²) in [6.45, 7) is 0. The van der Waals surface area contributed by atoms with Crippen molar-refractivity contribution in [2.75, 3.05) is 7.05 Å². The highest BCUT2D eigenvalue weighted by atomic mass is 35.5. The molecule has 138 valence electrons. The van der Waals surface area contributed by atoms with Crippen LogP contribution in [0.1, 0.15) is 11.6 Å². The van der Waals surface area contributed by atoms with Crippen molar-refractivity contribution in [3.63, 3.8) is 0 Å². The average molecular weight is 405 g/mol. The number of hydrogen-bond acceptors (Lipinski definition) is 4. The van der Waals surface area contributed by atoms with Gasteiger partial charge in [-0.1, -0.05) is 23.7 Å². The molecular formula is C15H12ClF3N4O2S. The third-order valence-corrected chi connectivity index (χ3v) is 5.78. The Bertz CT molecular complexity index is 1030. The lowest BCUT2D eigenvalue weighted by Gasteiger charge is -2.29. The molecule has 6 nitrogen and oxygen atoms in total. The molecule has 11 heteroatoms. The van der Waals surface area contributed by atoms with Gasteiger partial charge in [-0.3, -0.25) is 0 Å². The zero-order chi connectivity index (χ0) is 19.1. The molecule has 0 saturated heterocycles. The summed E-state index contributed by atoms with van der Waals surface area (Å²) in [5, 5.41) is 3.63. The van der Waals surface area contributed by atoms with Gasteiger partial charge in [0, 0.05) is 18.3 Å². The van der Waals surface area contributed by atoms with Crippen molar-refractivity contribution in [3.05, 3.63) is 59.4 Å². The molecule has 2 aromatic heterocycles. The molecule has 0 spiro atoms. The van der Waals surface area contributed by atoms with E-state index in [9.17, 15) is 21.6 Å². The molecule has 3 rings (SSSR count). The molecule has 0 bridgehead atoms. The fraction of sp³-hybridized carbons (Fsp3) is 0.200. The first-order valence-corrected chi connectivity index (χ1v) is 9.03. The van der Waals surface area contributed by atoms with Crippen LogP contribution in [-0.4, -0.2) is 40.5 Å². The number of imidazole rings is 1. The zero-order valence-corrected chi connectivity index (χ0v) is 14.8. The molecule has 1 unspecified atom stereocenters. The number of hydrogen-bond donors (Lipinski definition) is 0. The first kappa shape index (κ1) is 18.6. The Morgan fingerprint density at radius 2 is 1.85 bits per heavy atom. The molecule has 26 heavy (non-hydrogen) atoms. The van der Waals surface area contributed by atoms with E-state index in [2.05, 4.69) is 10.1 Å². The molecule has 0 saturated carbocycles. The quantitative estimate of drug-likeness (QED) is 0.669. The van der Waals surface area contributed by atoms with Gasteiger partial charge in [-0.15, -0.1) is 0 Å². The van der Waals surface area contributed by atoms with E-state index in [1.165, 1.54) is 30.5 Å². The molecular weight excluding hydrogens is 393 g/mol. The summed E-state index contributed by atoms with van der Waals surface area (Å²) < 4.78 is 67.9. The van der Waals surface area contributed by atoms with E-state index in [4.69, 9.17) is 11.6 Å². The molecule has 0 fully saturated rings. The fourth-order valence-corrected chi connectivity index (χ4v) is 4.00. The van der Waals surface area contributed by atoms with Gasteiger partial charge in [0.15, 0.2) is 10.7 Å². The van der Waals surface area contributed by atoms with E-state index in [0.29, 0.717) is 0 Å². The number of alkyl halides is 3. The van der Waals surface area contributed by atoms with Crippen LogP contribution in [0.2, 0.25) is 5.02 Å². The van der Waals surface area contributed by atoms with Crippen LogP contribution in [0.3, 0.4) is 0 Å². The summed E-state index contributed by atoms with van der Waals surface area (Å²) in [6.07, 6.45) is -2.55. The largest absolute Gasteiger partial charge is 0.409 e. The summed E-state index contributed by atoms with van der Waals surface area (Å²) in [5.41, 5.74) is -0.0516. The summed E-state index contributed by atoms with van der Waals surface area (Å²) in [6, 6.07) is 5.45. The van der Waals surface area contributed by atoms with Gasteiger partial charge in [-0.05, 0) is 29.8 Å². The highest BCUT2D eigenvalue weighted by Crippen LogP contribution is 2.39. The minimum absolute atomic E-state index is 0.203. The van der Waals surface area contributed by atoms with Crippen molar-refractivity contribution in [3.8, 4) is 0 Å². The third kappa shape index (κ3) is 3.27. The van der Waals surface area contributed by atoms with E-state index in [0.717, 1.165) is 29.9 Å². The Morgan fingerprint density at radius 1 is 1.19 bits per heavy atom. The van der Waals surface area contributed by atoms with Gasteiger partial charge in [-0.25, -0.2) is 17.9 Å². The Kier molecular flexibility index (Phi) is 4.67. The molecule has 0 amide bonds. The van der Waals surface area contributed by atoms with E-state index in [-0.39, 0.29) is 20.5 Å². The average Bonchev–Trinajstić information content (AvgIpc) is 3.00. The van der Waals surface area contributed by atoms with Crippen LogP contribution in [0.4, 0.5) is 13.2 Å². The second-order valence-electron chi connectivity index (χ2n) is 5.41. The Balaban J connectivity index is 2.11. The van der Waals surface area contributed by atoms with Gasteiger partial charge < -0.3 is 0 Å². The van der Waals surface area contributed by atoms with Crippen molar-refractivity contribution in [1.29, 1.82) is 0 Å². The molecule has 1 atom stereocenters. The lowest BCUT2D eigenvalue weighted by Crippen LogP contribution is -2.40. The molecule has 2 heterocycles. The molecule has 0 N–H and O–H groups in total. The van der Waals surface area contributed by atoms with Crippen LogP contribution >= 0.6 is 11.6 Å². The Morgan fingerprint density at radius 3 is 2.46 bits per heavy atom. The minimum atomic E-state index is -4.84. The lowest BCUT2D eigenvalue weighted by molar-refractivity contribution is -0.171. The third-order valence-electron chi connectivity index (χ3n) is 3.75. The van der Waals surface area contributed by atoms with E-state index in [1.54, 1.807) is 0 Å². The fourth-order valence-electron chi connectivity index (χ4n) is 2.52. The zero-order valence-electron chi connectivity index (χ0n) is 13.2. The topological polar surface area (TPSA) is 67.6 Å². The molecule has 0 aliphatic heterocycles. The lowest BCUT2D eigenvalue weighted by atomic mass is 10.1. The summed E-state index contributed by atoms with van der Waals surface area (Å²) in [7, 11) is -3.68. The summed E-state index contributed by atoms with van der Waals surface area (Å²) in [4.78, 5) is 3.87. The summed E-state index contributed by atoms with van der Waals surface area (Å²) in [5.74, 6) is 0. The van der Waals surface area contributed by atoms with Gasteiger partial charge >= 0.3 is 6.18 Å². The van der Waals surface area contributed by atoms with Gasteiger partial charge in [0.05, 0.1) is 6.20 Å². The highest BCUT2D eigenvalue weighted by Gasteiger charge is 2.48. The predicted octanol–water partition coefficient (Wildman–Crippen LogP) is 3.31. The first-order valence-electron chi connectivity index (χ1n) is 7.21. The van der Waals surface area contributed by atoms with E-state index >= 15 is 0 Å². The van der Waals surface area contributed by atoms with Crippen molar-refractivity contribution in [2.45, 2.75) is 17.2 Å². The smallest absolute Gasteiger partial charge is 0.234 e.